The zero-order valence-corrected chi connectivity index (χ0v) is 13.4. The highest BCUT2D eigenvalue weighted by molar-refractivity contribution is 5.94. The first-order valence-corrected chi connectivity index (χ1v) is 7.96. The molecule has 2 heterocycles. The summed E-state index contributed by atoms with van der Waals surface area (Å²) in [5, 5.41) is 3.76. The number of para-hydroxylation sites is 2. The zero-order chi connectivity index (χ0) is 17.1. The van der Waals surface area contributed by atoms with Crippen LogP contribution in [0.1, 0.15) is 0 Å². The van der Waals surface area contributed by atoms with Gasteiger partial charge in [-0.15, -0.1) is 0 Å². The van der Waals surface area contributed by atoms with Crippen molar-refractivity contribution in [1.82, 2.24) is 4.98 Å². The molecule has 0 bridgehead atoms. The van der Waals surface area contributed by atoms with Crippen molar-refractivity contribution in [3.05, 3.63) is 54.7 Å². The number of amides is 1. The minimum absolute atomic E-state index is 0.125. The van der Waals surface area contributed by atoms with E-state index in [0.29, 0.717) is 36.1 Å². The van der Waals surface area contributed by atoms with E-state index in [2.05, 4.69) is 10.3 Å². The second kappa shape index (κ2) is 6.68. The van der Waals surface area contributed by atoms with Crippen molar-refractivity contribution in [2.24, 2.45) is 0 Å². The molecule has 0 aliphatic carbocycles. The van der Waals surface area contributed by atoms with Gasteiger partial charge in [0.05, 0.1) is 5.69 Å². The summed E-state index contributed by atoms with van der Waals surface area (Å²) in [5.74, 6) is 1.47. The smallest absolute Gasteiger partial charge is 0.262 e. The Balaban J connectivity index is 1.46. The summed E-state index contributed by atoms with van der Waals surface area (Å²) < 4.78 is 16.7. The predicted octanol–water partition coefficient (Wildman–Crippen LogP) is 3.02. The van der Waals surface area contributed by atoms with E-state index in [4.69, 9.17) is 14.2 Å². The molecule has 25 heavy (non-hydrogen) atoms. The molecule has 1 aromatic heterocycles. The highest BCUT2D eigenvalue weighted by Gasteiger charge is 2.17. The number of carbonyl (C=O) groups is 1. The van der Waals surface area contributed by atoms with E-state index in [-0.39, 0.29) is 12.5 Å². The van der Waals surface area contributed by atoms with Crippen LogP contribution in [0.4, 0.5) is 5.69 Å². The predicted molar refractivity (Wildman–Crippen MR) is 93.3 cm³/mol. The van der Waals surface area contributed by atoms with Crippen LogP contribution in [-0.2, 0) is 4.79 Å². The summed E-state index contributed by atoms with van der Waals surface area (Å²) in [4.78, 5) is 16.6. The molecule has 126 valence electrons. The number of aromatic nitrogens is 1. The molecule has 0 fully saturated rings. The molecule has 0 radical (unpaired) electrons. The lowest BCUT2D eigenvalue weighted by molar-refractivity contribution is -0.118. The number of anilines is 1. The van der Waals surface area contributed by atoms with Crippen molar-refractivity contribution in [1.29, 1.82) is 0 Å². The quantitative estimate of drug-likeness (QED) is 0.793. The van der Waals surface area contributed by atoms with E-state index < -0.39 is 0 Å². The van der Waals surface area contributed by atoms with Gasteiger partial charge in [0.25, 0.3) is 5.91 Å². The lowest BCUT2D eigenvalue weighted by Crippen LogP contribution is -2.22. The molecule has 0 spiro atoms. The van der Waals surface area contributed by atoms with Crippen molar-refractivity contribution in [2.75, 3.05) is 25.1 Å². The number of hydrogen-bond donors (Lipinski definition) is 1. The van der Waals surface area contributed by atoms with E-state index in [1.165, 1.54) is 0 Å². The Morgan fingerprint density at radius 3 is 2.88 bits per heavy atom. The molecule has 6 nitrogen and oxygen atoms in total. The third kappa shape index (κ3) is 3.19. The van der Waals surface area contributed by atoms with Crippen LogP contribution in [0.5, 0.6) is 17.2 Å². The van der Waals surface area contributed by atoms with Crippen LogP contribution in [0.2, 0.25) is 0 Å². The van der Waals surface area contributed by atoms with Gasteiger partial charge in [-0.25, -0.2) is 0 Å². The van der Waals surface area contributed by atoms with Crippen LogP contribution in [-0.4, -0.2) is 30.7 Å². The van der Waals surface area contributed by atoms with E-state index >= 15 is 0 Å². The molecule has 0 atom stereocenters. The highest BCUT2D eigenvalue weighted by Crippen LogP contribution is 2.37. The molecule has 3 aromatic rings. The van der Waals surface area contributed by atoms with E-state index in [1.807, 2.05) is 30.3 Å². The third-order valence-corrected chi connectivity index (χ3v) is 3.79. The van der Waals surface area contributed by atoms with Gasteiger partial charge in [0.2, 0.25) is 0 Å². The number of nitrogens with zero attached hydrogens (tertiary/aromatic N) is 1. The van der Waals surface area contributed by atoms with Crippen molar-refractivity contribution in [3.63, 3.8) is 0 Å². The lowest BCUT2D eigenvalue weighted by Gasteiger charge is -2.21. The third-order valence-electron chi connectivity index (χ3n) is 3.79. The Morgan fingerprint density at radius 1 is 1.08 bits per heavy atom. The minimum Gasteiger partial charge on any atom is -0.486 e. The van der Waals surface area contributed by atoms with Crippen LogP contribution in [0, 0.1) is 0 Å². The summed E-state index contributed by atoms with van der Waals surface area (Å²) in [6.07, 6.45) is 1.70. The molecule has 1 aliphatic rings. The lowest BCUT2D eigenvalue weighted by atomic mass is 10.2. The second-order valence-electron chi connectivity index (χ2n) is 5.50. The Bertz CT molecular complexity index is 921. The van der Waals surface area contributed by atoms with Gasteiger partial charge in [-0.1, -0.05) is 24.3 Å². The van der Waals surface area contributed by atoms with Crippen LogP contribution in [0.25, 0.3) is 10.9 Å². The van der Waals surface area contributed by atoms with Gasteiger partial charge in [-0.2, -0.15) is 0 Å². The highest BCUT2D eigenvalue weighted by atomic mass is 16.6. The fourth-order valence-electron chi connectivity index (χ4n) is 2.69. The fraction of sp³-hybridized carbons (Fsp3) is 0.158. The number of nitrogens with one attached hydrogen (secondary N) is 1. The average Bonchev–Trinajstić information content (AvgIpc) is 2.66. The SMILES string of the molecule is O=C(COc1cccc2cccnc12)Nc1cccc2c1OCCO2. The monoisotopic (exact) mass is 336 g/mol. The van der Waals surface area contributed by atoms with Crippen molar-refractivity contribution in [3.8, 4) is 17.2 Å². The number of benzene rings is 2. The molecule has 4 rings (SSSR count). The van der Waals surface area contributed by atoms with Crippen LogP contribution < -0.4 is 19.5 Å². The van der Waals surface area contributed by atoms with Crippen molar-refractivity contribution < 1.29 is 19.0 Å². The first kappa shape index (κ1) is 15.3. The number of fused-ring (bicyclic) bond motifs is 2. The van der Waals surface area contributed by atoms with Crippen molar-refractivity contribution >= 4 is 22.5 Å². The second-order valence-corrected chi connectivity index (χ2v) is 5.50. The fourth-order valence-corrected chi connectivity index (χ4v) is 2.69. The molecule has 1 aliphatic heterocycles. The summed E-state index contributed by atoms with van der Waals surface area (Å²) in [6.45, 7) is 0.833. The molecule has 2 aromatic carbocycles. The Morgan fingerprint density at radius 2 is 1.92 bits per heavy atom. The zero-order valence-electron chi connectivity index (χ0n) is 13.4. The van der Waals surface area contributed by atoms with Crippen molar-refractivity contribution in [2.45, 2.75) is 0 Å². The molecule has 1 N–H and O–H groups in total. The van der Waals surface area contributed by atoms with E-state index in [0.717, 1.165) is 10.9 Å². The minimum atomic E-state index is -0.282. The Hall–Kier alpha value is -3.28. The average molecular weight is 336 g/mol. The molecule has 0 saturated heterocycles. The van der Waals surface area contributed by atoms with Gasteiger partial charge >= 0.3 is 0 Å². The van der Waals surface area contributed by atoms with Gasteiger partial charge < -0.3 is 19.5 Å². The topological polar surface area (TPSA) is 69.7 Å². The maximum absolute atomic E-state index is 12.3. The summed E-state index contributed by atoms with van der Waals surface area (Å²) in [6, 6.07) is 14.8. The standard InChI is InChI=1S/C19H16N2O4/c22-17(21-14-6-2-8-16-19(14)24-11-10-23-16)12-25-15-7-1-4-13-5-3-9-20-18(13)15/h1-9H,10-12H2,(H,21,22). The Labute approximate surface area is 144 Å². The van der Waals surface area contributed by atoms with E-state index in [1.54, 1.807) is 24.4 Å². The molecular weight excluding hydrogens is 320 g/mol. The van der Waals surface area contributed by atoms with Gasteiger partial charge in [-0.05, 0) is 24.3 Å². The number of carbonyl (C=O) groups excluding carboxylic acids is 1. The summed E-state index contributed by atoms with van der Waals surface area (Å²) in [5.41, 5.74) is 1.30. The first-order chi connectivity index (χ1) is 12.3. The summed E-state index contributed by atoms with van der Waals surface area (Å²) >= 11 is 0. The maximum atomic E-state index is 12.3. The normalized spacial score (nSPS) is 12.6. The number of ether oxygens (including phenoxy) is 3. The largest absolute Gasteiger partial charge is 0.486 e. The van der Waals surface area contributed by atoms with Gasteiger partial charge in [-0.3, -0.25) is 9.78 Å². The van der Waals surface area contributed by atoms with Gasteiger partial charge in [0.1, 0.15) is 24.5 Å². The number of rotatable bonds is 4. The molecular formula is C19H16N2O4. The van der Waals surface area contributed by atoms with Crippen LogP contribution in [0.3, 0.4) is 0 Å². The Kier molecular flexibility index (Phi) is 4.08. The molecule has 0 saturated carbocycles. The maximum Gasteiger partial charge on any atom is 0.262 e. The van der Waals surface area contributed by atoms with E-state index in [9.17, 15) is 4.79 Å². The molecule has 6 heteroatoms. The van der Waals surface area contributed by atoms with Crippen LogP contribution in [0.15, 0.2) is 54.7 Å². The number of pyridine rings is 1. The number of hydrogen-bond acceptors (Lipinski definition) is 5. The van der Waals surface area contributed by atoms with Gasteiger partial charge in [0.15, 0.2) is 18.1 Å². The summed E-state index contributed by atoms with van der Waals surface area (Å²) in [7, 11) is 0. The molecule has 0 unspecified atom stereocenters. The molecule has 1 amide bonds. The van der Waals surface area contributed by atoms with Gasteiger partial charge in [0, 0.05) is 11.6 Å². The first-order valence-electron chi connectivity index (χ1n) is 7.96. The van der Waals surface area contributed by atoms with Crippen LogP contribution >= 0.6 is 0 Å².